The minimum Gasteiger partial charge on any atom is -0.411 e. The van der Waals surface area contributed by atoms with E-state index in [0.29, 0.717) is 5.82 Å². The van der Waals surface area contributed by atoms with E-state index in [1.54, 1.807) is 0 Å². The second kappa shape index (κ2) is 1.56. The molecular formula is C4H8BNO. The summed E-state index contributed by atoms with van der Waals surface area (Å²) in [5, 5.41) is 11.2. The third-order valence-corrected chi connectivity index (χ3v) is 1.53. The third-order valence-electron chi connectivity index (χ3n) is 1.53. The van der Waals surface area contributed by atoms with Gasteiger partial charge in [-0.2, -0.15) is 0 Å². The van der Waals surface area contributed by atoms with Crippen LogP contribution in [-0.2, 0) is 0 Å². The highest BCUT2D eigenvalue weighted by atomic mass is 16.4. The van der Waals surface area contributed by atoms with Gasteiger partial charge in [-0.25, -0.2) is 0 Å². The van der Waals surface area contributed by atoms with E-state index in [4.69, 9.17) is 5.21 Å². The maximum atomic E-state index is 8.14. The van der Waals surface area contributed by atoms with E-state index in [1.807, 2.05) is 0 Å². The Balaban J connectivity index is 2.44. The standard InChI is InChI=1S/C4H8BNO/c5-3-1-2-4(3)6-7/h3,7H,1-2,5H2/b6-4+. The zero-order valence-corrected chi connectivity index (χ0v) is 4.39. The van der Waals surface area contributed by atoms with Gasteiger partial charge in [-0.3, -0.25) is 0 Å². The van der Waals surface area contributed by atoms with Gasteiger partial charge in [0.1, 0.15) is 7.85 Å². The Hall–Kier alpha value is -0.465. The lowest BCUT2D eigenvalue weighted by atomic mass is 9.69. The highest BCUT2D eigenvalue weighted by Crippen LogP contribution is 2.25. The monoisotopic (exact) mass is 97.1 g/mol. The second-order valence-corrected chi connectivity index (χ2v) is 2.03. The molecule has 1 N–H and O–H groups in total. The van der Waals surface area contributed by atoms with E-state index in [0.717, 1.165) is 12.1 Å². The van der Waals surface area contributed by atoms with Crippen LogP contribution in [0.4, 0.5) is 0 Å². The summed E-state index contributed by atoms with van der Waals surface area (Å²) in [5.74, 6) is 0.546. The second-order valence-electron chi connectivity index (χ2n) is 2.03. The summed E-state index contributed by atoms with van der Waals surface area (Å²) < 4.78 is 0. The molecule has 0 spiro atoms. The molecule has 38 valence electrons. The van der Waals surface area contributed by atoms with Crippen LogP contribution in [0.15, 0.2) is 5.16 Å². The molecule has 7 heavy (non-hydrogen) atoms. The van der Waals surface area contributed by atoms with Gasteiger partial charge in [-0.1, -0.05) is 5.16 Å². The number of oxime groups is 1. The Bertz CT molecular complexity index is 102. The quantitative estimate of drug-likeness (QED) is 0.258. The molecule has 1 aliphatic rings. The summed E-state index contributed by atoms with van der Waals surface area (Å²) in [6.45, 7) is 0. The average Bonchev–Trinajstić information content (AvgIpc) is 1.65. The summed E-state index contributed by atoms with van der Waals surface area (Å²) in [4.78, 5) is 0. The van der Waals surface area contributed by atoms with Crippen LogP contribution < -0.4 is 0 Å². The van der Waals surface area contributed by atoms with Gasteiger partial charge < -0.3 is 5.21 Å². The van der Waals surface area contributed by atoms with E-state index in [9.17, 15) is 0 Å². The zero-order chi connectivity index (χ0) is 5.28. The first-order chi connectivity index (χ1) is 3.34. The highest BCUT2D eigenvalue weighted by molar-refractivity contribution is 6.28. The van der Waals surface area contributed by atoms with E-state index in [1.165, 1.54) is 6.42 Å². The Morgan fingerprint density at radius 2 is 2.57 bits per heavy atom. The molecule has 0 aromatic rings. The molecule has 0 amide bonds. The van der Waals surface area contributed by atoms with Crippen molar-refractivity contribution < 1.29 is 5.21 Å². The predicted molar refractivity (Wildman–Crippen MR) is 30.7 cm³/mol. The van der Waals surface area contributed by atoms with Crippen LogP contribution in [0.25, 0.3) is 0 Å². The van der Waals surface area contributed by atoms with Crippen molar-refractivity contribution in [3.63, 3.8) is 0 Å². The number of hydrogen-bond donors (Lipinski definition) is 1. The minimum absolute atomic E-state index is 0.546. The van der Waals surface area contributed by atoms with E-state index < -0.39 is 0 Å². The van der Waals surface area contributed by atoms with Crippen LogP contribution in [0.1, 0.15) is 12.8 Å². The number of rotatable bonds is 0. The van der Waals surface area contributed by atoms with E-state index in [-0.39, 0.29) is 0 Å². The zero-order valence-electron chi connectivity index (χ0n) is 4.39. The largest absolute Gasteiger partial charge is 0.411 e. The van der Waals surface area contributed by atoms with Gasteiger partial charge in [0, 0.05) is 0 Å². The molecule has 0 radical (unpaired) electrons. The fourth-order valence-corrected chi connectivity index (χ4v) is 0.711. The average molecular weight is 96.9 g/mol. The van der Waals surface area contributed by atoms with Gasteiger partial charge in [-0.15, -0.1) is 0 Å². The minimum atomic E-state index is 0.546. The first-order valence-electron chi connectivity index (χ1n) is 2.55. The van der Waals surface area contributed by atoms with Gasteiger partial charge in [0.25, 0.3) is 0 Å². The lowest BCUT2D eigenvalue weighted by Crippen LogP contribution is -2.19. The molecule has 3 heteroatoms. The Morgan fingerprint density at radius 1 is 1.86 bits per heavy atom. The molecule has 0 aromatic heterocycles. The third kappa shape index (κ3) is 0.623. The van der Waals surface area contributed by atoms with Crippen LogP contribution in [0.2, 0.25) is 5.82 Å². The van der Waals surface area contributed by atoms with Crippen LogP contribution in [0, 0.1) is 0 Å². The van der Waals surface area contributed by atoms with Crippen LogP contribution in [0.3, 0.4) is 0 Å². The van der Waals surface area contributed by atoms with Crippen molar-refractivity contribution >= 4 is 13.6 Å². The Labute approximate surface area is 43.6 Å². The smallest absolute Gasteiger partial charge is 0.112 e. The van der Waals surface area contributed by atoms with Crippen LogP contribution in [0.5, 0.6) is 0 Å². The maximum absolute atomic E-state index is 8.14. The van der Waals surface area contributed by atoms with Crippen molar-refractivity contribution in [3.05, 3.63) is 0 Å². The highest BCUT2D eigenvalue weighted by Gasteiger charge is 2.20. The molecule has 0 saturated heterocycles. The van der Waals surface area contributed by atoms with Crippen molar-refractivity contribution in [1.29, 1.82) is 0 Å². The molecule has 1 atom stereocenters. The number of hydrogen-bond acceptors (Lipinski definition) is 2. The Morgan fingerprint density at radius 3 is 2.57 bits per heavy atom. The summed E-state index contributed by atoms with van der Waals surface area (Å²) in [7, 11) is 2.07. The molecule has 0 aromatic carbocycles. The molecular weight excluding hydrogens is 88.9 g/mol. The topological polar surface area (TPSA) is 32.6 Å². The van der Waals surface area contributed by atoms with Crippen molar-refractivity contribution in [2.75, 3.05) is 0 Å². The van der Waals surface area contributed by atoms with E-state index in [2.05, 4.69) is 13.0 Å². The molecule has 0 bridgehead atoms. The molecule has 0 aliphatic heterocycles. The Kier molecular flexibility index (Phi) is 1.05. The van der Waals surface area contributed by atoms with Crippen molar-refractivity contribution in [2.24, 2.45) is 5.16 Å². The molecule has 0 heterocycles. The van der Waals surface area contributed by atoms with Gasteiger partial charge >= 0.3 is 0 Å². The molecule has 1 fully saturated rings. The van der Waals surface area contributed by atoms with Crippen LogP contribution >= 0.6 is 0 Å². The SMILES string of the molecule is BC1CC/C1=N\O. The number of nitrogens with zero attached hydrogens (tertiary/aromatic N) is 1. The van der Waals surface area contributed by atoms with Gasteiger partial charge in [0.15, 0.2) is 0 Å². The van der Waals surface area contributed by atoms with Crippen molar-refractivity contribution in [1.82, 2.24) is 0 Å². The first kappa shape index (κ1) is 4.69. The summed E-state index contributed by atoms with van der Waals surface area (Å²) in [6.07, 6.45) is 2.19. The predicted octanol–water partition coefficient (Wildman–Crippen LogP) is 0.0320. The molecule has 1 rings (SSSR count). The van der Waals surface area contributed by atoms with Gasteiger partial charge in [0.2, 0.25) is 0 Å². The molecule has 1 aliphatic carbocycles. The maximum Gasteiger partial charge on any atom is 0.112 e. The lowest BCUT2D eigenvalue weighted by Gasteiger charge is -2.21. The van der Waals surface area contributed by atoms with Gasteiger partial charge in [0.05, 0.1) is 5.71 Å². The van der Waals surface area contributed by atoms with Crippen molar-refractivity contribution in [2.45, 2.75) is 18.7 Å². The first-order valence-corrected chi connectivity index (χ1v) is 2.55. The van der Waals surface area contributed by atoms with Gasteiger partial charge in [-0.05, 0) is 18.7 Å². The summed E-state index contributed by atoms with van der Waals surface area (Å²) in [6, 6.07) is 0. The molecule has 1 saturated carbocycles. The van der Waals surface area contributed by atoms with E-state index >= 15 is 0 Å². The molecule has 2 nitrogen and oxygen atoms in total. The summed E-state index contributed by atoms with van der Waals surface area (Å²) >= 11 is 0. The molecule has 1 unspecified atom stereocenters. The lowest BCUT2D eigenvalue weighted by molar-refractivity contribution is 0.313. The summed E-state index contributed by atoms with van der Waals surface area (Å²) in [5.41, 5.74) is 0.958. The van der Waals surface area contributed by atoms with Crippen LogP contribution in [-0.4, -0.2) is 18.8 Å². The fourth-order valence-electron chi connectivity index (χ4n) is 0.711. The van der Waals surface area contributed by atoms with Crippen molar-refractivity contribution in [3.8, 4) is 0 Å². The normalized spacial score (nSPS) is 35.4. The fraction of sp³-hybridized carbons (Fsp3) is 0.750.